The van der Waals surface area contributed by atoms with Crippen LogP contribution in [0.15, 0.2) is 30.9 Å². The quantitative estimate of drug-likeness (QED) is 0.544. The minimum atomic E-state index is -0.155. The molecule has 0 fully saturated rings. The van der Waals surface area contributed by atoms with Crippen molar-refractivity contribution in [1.29, 1.82) is 0 Å². The zero-order chi connectivity index (χ0) is 11.1. The van der Waals surface area contributed by atoms with Crippen molar-refractivity contribution in [2.45, 2.75) is 25.9 Å². The van der Waals surface area contributed by atoms with Crippen molar-refractivity contribution < 1.29 is 9.53 Å². The first-order valence-corrected chi connectivity index (χ1v) is 5.00. The normalized spacial score (nSPS) is 16.7. The Balaban J connectivity index is 2.38. The fraction of sp³-hybridized carbons (Fsp3) is 0.308. The van der Waals surface area contributed by atoms with Gasteiger partial charge in [-0.05, 0) is 43.7 Å². The van der Waals surface area contributed by atoms with Gasteiger partial charge in [0.05, 0.1) is 0 Å². The standard InChI is InChI=1S/C13H14O2/c1-4-11(14)9-5-6-12-10(7-9)8-13(2,3)15-12/h4-7H,1,8H2,2-3H3. The molecule has 0 amide bonds. The molecule has 0 aliphatic carbocycles. The fourth-order valence-electron chi connectivity index (χ4n) is 1.88. The zero-order valence-corrected chi connectivity index (χ0v) is 9.04. The molecular formula is C13H14O2. The molecule has 0 saturated heterocycles. The Morgan fingerprint density at radius 2 is 2.27 bits per heavy atom. The number of ketones is 1. The summed E-state index contributed by atoms with van der Waals surface area (Å²) in [6, 6.07) is 5.54. The van der Waals surface area contributed by atoms with E-state index in [9.17, 15) is 4.79 Å². The van der Waals surface area contributed by atoms with Gasteiger partial charge in [0.15, 0.2) is 5.78 Å². The van der Waals surface area contributed by atoms with Crippen LogP contribution >= 0.6 is 0 Å². The van der Waals surface area contributed by atoms with Gasteiger partial charge < -0.3 is 4.74 Å². The first-order chi connectivity index (χ1) is 7.02. The van der Waals surface area contributed by atoms with Crippen molar-refractivity contribution in [3.63, 3.8) is 0 Å². The number of hydrogen-bond acceptors (Lipinski definition) is 2. The molecule has 2 heteroatoms. The third kappa shape index (κ3) is 1.80. The van der Waals surface area contributed by atoms with Gasteiger partial charge in [0.1, 0.15) is 11.4 Å². The number of carbonyl (C=O) groups excluding carboxylic acids is 1. The molecule has 1 heterocycles. The topological polar surface area (TPSA) is 26.3 Å². The molecule has 15 heavy (non-hydrogen) atoms. The van der Waals surface area contributed by atoms with Crippen molar-refractivity contribution in [3.8, 4) is 5.75 Å². The predicted octanol–water partition coefficient (Wildman–Crippen LogP) is 2.77. The molecule has 0 atom stereocenters. The number of hydrogen-bond donors (Lipinski definition) is 0. The molecule has 0 unspecified atom stereocenters. The minimum Gasteiger partial charge on any atom is -0.487 e. The summed E-state index contributed by atoms with van der Waals surface area (Å²) in [5.41, 5.74) is 1.64. The maximum atomic E-state index is 11.4. The van der Waals surface area contributed by atoms with Crippen molar-refractivity contribution in [2.24, 2.45) is 0 Å². The summed E-state index contributed by atoms with van der Waals surface area (Å²) in [5, 5.41) is 0. The smallest absolute Gasteiger partial charge is 0.185 e. The lowest BCUT2D eigenvalue weighted by molar-refractivity contribution is 0.104. The highest BCUT2D eigenvalue weighted by atomic mass is 16.5. The van der Waals surface area contributed by atoms with Crippen LogP contribution in [0.3, 0.4) is 0 Å². The van der Waals surface area contributed by atoms with Crippen molar-refractivity contribution in [2.75, 3.05) is 0 Å². The Labute approximate surface area is 89.6 Å². The number of carbonyl (C=O) groups is 1. The molecular weight excluding hydrogens is 188 g/mol. The Morgan fingerprint density at radius 1 is 1.53 bits per heavy atom. The van der Waals surface area contributed by atoms with Crippen LogP contribution in [0.5, 0.6) is 5.75 Å². The number of benzene rings is 1. The molecule has 0 saturated carbocycles. The summed E-state index contributed by atoms with van der Waals surface area (Å²) >= 11 is 0. The first-order valence-electron chi connectivity index (χ1n) is 5.00. The molecule has 2 nitrogen and oxygen atoms in total. The van der Waals surface area contributed by atoms with Crippen LogP contribution in [0.2, 0.25) is 0 Å². The van der Waals surface area contributed by atoms with Crippen LogP contribution in [0.4, 0.5) is 0 Å². The van der Waals surface area contributed by atoms with E-state index >= 15 is 0 Å². The molecule has 2 rings (SSSR count). The van der Waals surface area contributed by atoms with Gasteiger partial charge in [0.25, 0.3) is 0 Å². The molecule has 0 radical (unpaired) electrons. The van der Waals surface area contributed by atoms with E-state index in [0.717, 1.165) is 17.7 Å². The van der Waals surface area contributed by atoms with Crippen molar-refractivity contribution in [1.82, 2.24) is 0 Å². The second kappa shape index (κ2) is 3.23. The van der Waals surface area contributed by atoms with E-state index < -0.39 is 0 Å². The summed E-state index contributed by atoms with van der Waals surface area (Å²) in [7, 11) is 0. The van der Waals surface area contributed by atoms with E-state index in [4.69, 9.17) is 4.74 Å². The third-order valence-electron chi connectivity index (χ3n) is 2.53. The van der Waals surface area contributed by atoms with Gasteiger partial charge in [-0.2, -0.15) is 0 Å². The molecule has 0 N–H and O–H groups in total. The second-order valence-corrected chi connectivity index (χ2v) is 4.43. The molecule has 78 valence electrons. The Kier molecular flexibility index (Phi) is 2.14. The molecule has 0 spiro atoms. The molecule has 0 aromatic heterocycles. The van der Waals surface area contributed by atoms with Gasteiger partial charge in [0, 0.05) is 12.0 Å². The Morgan fingerprint density at radius 3 is 2.93 bits per heavy atom. The van der Waals surface area contributed by atoms with E-state index in [2.05, 4.69) is 6.58 Å². The van der Waals surface area contributed by atoms with E-state index in [0.29, 0.717) is 5.56 Å². The van der Waals surface area contributed by atoms with E-state index in [-0.39, 0.29) is 11.4 Å². The van der Waals surface area contributed by atoms with Gasteiger partial charge in [0.2, 0.25) is 0 Å². The lowest BCUT2D eigenvalue weighted by atomic mass is 9.99. The highest BCUT2D eigenvalue weighted by Crippen LogP contribution is 2.35. The summed E-state index contributed by atoms with van der Waals surface area (Å²) in [5.74, 6) is 0.850. The first kappa shape index (κ1) is 9.97. The van der Waals surface area contributed by atoms with E-state index in [1.54, 1.807) is 6.07 Å². The van der Waals surface area contributed by atoms with E-state index in [1.807, 2.05) is 26.0 Å². The van der Waals surface area contributed by atoms with Gasteiger partial charge in [-0.25, -0.2) is 0 Å². The molecule has 1 aromatic rings. The Hall–Kier alpha value is -1.57. The zero-order valence-electron chi connectivity index (χ0n) is 9.04. The largest absolute Gasteiger partial charge is 0.487 e. The lowest BCUT2D eigenvalue weighted by Crippen LogP contribution is -2.24. The summed E-state index contributed by atoms with van der Waals surface area (Å²) in [6.07, 6.45) is 2.18. The van der Waals surface area contributed by atoms with Gasteiger partial charge in [-0.3, -0.25) is 4.79 Å². The van der Waals surface area contributed by atoms with Gasteiger partial charge in [-0.15, -0.1) is 0 Å². The fourth-order valence-corrected chi connectivity index (χ4v) is 1.88. The minimum absolute atomic E-state index is 0.0393. The van der Waals surface area contributed by atoms with E-state index in [1.165, 1.54) is 6.08 Å². The summed E-state index contributed by atoms with van der Waals surface area (Å²) in [6.45, 7) is 7.57. The monoisotopic (exact) mass is 202 g/mol. The molecule has 0 bridgehead atoms. The summed E-state index contributed by atoms with van der Waals surface area (Å²) < 4.78 is 5.73. The van der Waals surface area contributed by atoms with Crippen LogP contribution in [0.25, 0.3) is 0 Å². The van der Waals surface area contributed by atoms with Crippen LogP contribution < -0.4 is 4.74 Å². The number of allylic oxidation sites excluding steroid dienone is 1. The predicted molar refractivity (Wildman–Crippen MR) is 59.4 cm³/mol. The van der Waals surface area contributed by atoms with Crippen LogP contribution in [0.1, 0.15) is 29.8 Å². The van der Waals surface area contributed by atoms with Crippen LogP contribution in [-0.2, 0) is 6.42 Å². The molecule has 1 aliphatic rings. The summed E-state index contributed by atoms with van der Waals surface area (Å²) in [4.78, 5) is 11.4. The second-order valence-electron chi connectivity index (χ2n) is 4.43. The van der Waals surface area contributed by atoms with Crippen molar-refractivity contribution >= 4 is 5.78 Å². The third-order valence-corrected chi connectivity index (χ3v) is 2.53. The number of fused-ring (bicyclic) bond motifs is 1. The average molecular weight is 202 g/mol. The highest BCUT2D eigenvalue weighted by Gasteiger charge is 2.30. The maximum Gasteiger partial charge on any atom is 0.185 e. The molecule has 1 aromatic carbocycles. The number of ether oxygens (including phenoxy) is 1. The van der Waals surface area contributed by atoms with Crippen LogP contribution in [-0.4, -0.2) is 11.4 Å². The van der Waals surface area contributed by atoms with Gasteiger partial charge in [-0.1, -0.05) is 6.58 Å². The maximum absolute atomic E-state index is 11.4. The van der Waals surface area contributed by atoms with Gasteiger partial charge >= 0.3 is 0 Å². The van der Waals surface area contributed by atoms with Crippen molar-refractivity contribution in [3.05, 3.63) is 42.0 Å². The highest BCUT2D eigenvalue weighted by molar-refractivity contribution is 6.04. The average Bonchev–Trinajstić information content (AvgIpc) is 2.49. The number of rotatable bonds is 2. The SMILES string of the molecule is C=CC(=O)c1ccc2c(c1)CC(C)(C)O2. The Bertz CT molecular complexity index is 430. The molecule has 1 aliphatic heterocycles. The van der Waals surface area contributed by atoms with Crippen LogP contribution in [0, 0.1) is 0 Å². The lowest BCUT2D eigenvalue weighted by Gasteiger charge is -2.16.